The highest BCUT2D eigenvalue weighted by molar-refractivity contribution is 5.27. The van der Waals surface area contributed by atoms with E-state index in [1.54, 1.807) is 6.20 Å². The number of hydrogen-bond acceptors (Lipinski definition) is 3. The minimum atomic E-state index is -0.894. The van der Waals surface area contributed by atoms with Gasteiger partial charge in [0.2, 0.25) is 0 Å². The van der Waals surface area contributed by atoms with Crippen LogP contribution in [0.2, 0.25) is 0 Å². The Hall–Kier alpha value is -0.930. The van der Waals surface area contributed by atoms with E-state index >= 15 is 0 Å². The van der Waals surface area contributed by atoms with Crippen molar-refractivity contribution in [1.82, 2.24) is 4.98 Å². The van der Waals surface area contributed by atoms with Crippen LogP contribution in [0.1, 0.15) is 62.1 Å². The monoisotopic (exact) mass is 261 g/mol. The molecule has 104 valence electrons. The van der Waals surface area contributed by atoms with Gasteiger partial charge in [-0.2, -0.15) is 0 Å². The van der Waals surface area contributed by atoms with Gasteiger partial charge in [-0.25, -0.2) is 0 Å². The fourth-order valence-electron chi connectivity index (χ4n) is 3.79. The quantitative estimate of drug-likeness (QED) is 0.860. The van der Waals surface area contributed by atoms with Crippen molar-refractivity contribution in [3.05, 3.63) is 29.6 Å². The molecular weight excluding hydrogens is 238 g/mol. The van der Waals surface area contributed by atoms with Crippen molar-refractivity contribution in [2.75, 3.05) is 0 Å². The number of aliphatic hydroxyl groups excluding tert-OH is 1. The summed E-state index contributed by atoms with van der Waals surface area (Å²) in [4.78, 5) is 4.48. The number of aliphatic hydroxyl groups is 2. The van der Waals surface area contributed by atoms with Gasteiger partial charge in [-0.3, -0.25) is 4.98 Å². The Morgan fingerprint density at radius 2 is 2.00 bits per heavy atom. The molecule has 1 heterocycles. The lowest BCUT2D eigenvalue weighted by Crippen LogP contribution is -2.48. The van der Waals surface area contributed by atoms with Crippen LogP contribution in [-0.2, 0) is 6.42 Å². The third kappa shape index (κ3) is 2.41. The number of aromatic nitrogens is 1. The van der Waals surface area contributed by atoms with Crippen molar-refractivity contribution in [2.45, 2.75) is 69.0 Å². The zero-order valence-corrected chi connectivity index (χ0v) is 11.4. The summed E-state index contributed by atoms with van der Waals surface area (Å²) < 4.78 is 0. The van der Waals surface area contributed by atoms with Crippen LogP contribution in [0.3, 0.4) is 0 Å². The van der Waals surface area contributed by atoms with E-state index < -0.39 is 11.7 Å². The molecule has 0 spiro atoms. The lowest BCUT2D eigenvalue weighted by atomic mass is 9.72. The molecule has 0 aliphatic heterocycles. The molecule has 0 radical (unpaired) electrons. The second-order valence-corrected chi connectivity index (χ2v) is 6.16. The number of rotatable bonds is 2. The topological polar surface area (TPSA) is 53.4 Å². The molecule has 1 saturated carbocycles. The average Bonchev–Trinajstić information content (AvgIpc) is 2.47. The van der Waals surface area contributed by atoms with Gasteiger partial charge in [-0.1, -0.05) is 25.3 Å². The molecule has 3 nitrogen and oxygen atoms in total. The summed E-state index contributed by atoms with van der Waals surface area (Å²) in [5.41, 5.74) is 1.37. The van der Waals surface area contributed by atoms with Crippen LogP contribution in [0.5, 0.6) is 0 Å². The summed E-state index contributed by atoms with van der Waals surface area (Å²) in [6, 6.07) is 4.06. The molecule has 3 heteroatoms. The van der Waals surface area contributed by atoms with Crippen molar-refractivity contribution in [3.8, 4) is 0 Å². The summed E-state index contributed by atoms with van der Waals surface area (Å²) in [6.45, 7) is 0. The molecule has 1 aromatic heterocycles. The van der Waals surface area contributed by atoms with Crippen LogP contribution in [0.4, 0.5) is 0 Å². The Morgan fingerprint density at radius 1 is 1.21 bits per heavy atom. The Bertz CT molecular complexity index is 440. The molecule has 0 bridgehead atoms. The van der Waals surface area contributed by atoms with Crippen LogP contribution in [0.15, 0.2) is 18.3 Å². The lowest BCUT2D eigenvalue weighted by molar-refractivity contribution is -0.109. The van der Waals surface area contributed by atoms with Crippen molar-refractivity contribution >= 4 is 0 Å². The molecule has 2 atom stereocenters. The highest BCUT2D eigenvalue weighted by atomic mass is 16.3. The van der Waals surface area contributed by atoms with E-state index in [0.717, 1.165) is 50.6 Å². The number of fused-ring (bicyclic) bond motifs is 1. The van der Waals surface area contributed by atoms with E-state index in [2.05, 4.69) is 11.1 Å². The molecule has 0 amide bonds. The first kappa shape index (κ1) is 13.1. The van der Waals surface area contributed by atoms with Gasteiger partial charge < -0.3 is 10.2 Å². The van der Waals surface area contributed by atoms with Gasteiger partial charge in [0.25, 0.3) is 0 Å². The lowest BCUT2D eigenvalue weighted by Gasteiger charge is -2.41. The third-order valence-corrected chi connectivity index (χ3v) is 4.89. The molecular formula is C16H23NO2. The van der Waals surface area contributed by atoms with Gasteiger partial charge >= 0.3 is 0 Å². The number of hydrogen-bond donors (Lipinski definition) is 2. The van der Waals surface area contributed by atoms with Gasteiger partial charge in [0.05, 0.1) is 11.7 Å². The maximum Gasteiger partial charge on any atom is 0.0912 e. The standard InChI is InChI=1S/C16H23NO2/c18-15(16(19)9-2-1-3-10-16)13-8-4-6-12-7-5-11-17-14(12)13/h5,7,11,13,15,18-19H,1-4,6,8-10H2. The molecule has 2 N–H and O–H groups in total. The van der Waals surface area contributed by atoms with Crippen LogP contribution in [-0.4, -0.2) is 26.9 Å². The second-order valence-electron chi connectivity index (χ2n) is 6.16. The average molecular weight is 261 g/mol. The van der Waals surface area contributed by atoms with Gasteiger partial charge in [0.15, 0.2) is 0 Å². The molecule has 2 unspecified atom stereocenters. The Kier molecular flexibility index (Phi) is 3.59. The number of aryl methyl sites for hydroxylation is 1. The van der Waals surface area contributed by atoms with E-state index in [0.29, 0.717) is 0 Å². The third-order valence-electron chi connectivity index (χ3n) is 4.89. The molecule has 0 saturated heterocycles. The summed E-state index contributed by atoms with van der Waals surface area (Å²) in [6.07, 6.45) is 8.88. The normalized spacial score (nSPS) is 27.6. The van der Waals surface area contributed by atoms with E-state index in [9.17, 15) is 10.2 Å². The van der Waals surface area contributed by atoms with E-state index in [1.807, 2.05) is 6.07 Å². The van der Waals surface area contributed by atoms with E-state index in [1.165, 1.54) is 12.0 Å². The molecule has 1 aromatic rings. The second kappa shape index (κ2) is 5.22. The smallest absolute Gasteiger partial charge is 0.0912 e. The van der Waals surface area contributed by atoms with Gasteiger partial charge in [0.1, 0.15) is 0 Å². The van der Waals surface area contributed by atoms with Crippen molar-refractivity contribution in [3.63, 3.8) is 0 Å². The molecule has 2 aliphatic carbocycles. The van der Waals surface area contributed by atoms with Gasteiger partial charge in [-0.05, 0) is 43.7 Å². The zero-order valence-electron chi connectivity index (χ0n) is 11.4. The van der Waals surface area contributed by atoms with E-state index in [4.69, 9.17) is 0 Å². The predicted octanol–water partition coefficient (Wildman–Crippen LogP) is 2.56. The largest absolute Gasteiger partial charge is 0.389 e. The highest BCUT2D eigenvalue weighted by Gasteiger charge is 2.43. The molecule has 2 aliphatic rings. The summed E-state index contributed by atoms with van der Waals surface area (Å²) in [5.74, 6) is 0.00745. The summed E-state index contributed by atoms with van der Waals surface area (Å²) in [7, 11) is 0. The van der Waals surface area contributed by atoms with Crippen LogP contribution in [0.25, 0.3) is 0 Å². The van der Waals surface area contributed by atoms with Crippen LogP contribution < -0.4 is 0 Å². The summed E-state index contributed by atoms with van der Waals surface area (Å²) in [5, 5.41) is 21.5. The first-order valence-corrected chi connectivity index (χ1v) is 7.55. The van der Waals surface area contributed by atoms with Crippen LogP contribution in [0, 0.1) is 0 Å². The molecule has 1 fully saturated rings. The first-order valence-electron chi connectivity index (χ1n) is 7.55. The van der Waals surface area contributed by atoms with Gasteiger partial charge in [-0.15, -0.1) is 0 Å². The maximum absolute atomic E-state index is 10.7. The zero-order chi connectivity index (χ0) is 13.3. The minimum absolute atomic E-state index is 0.00745. The van der Waals surface area contributed by atoms with E-state index in [-0.39, 0.29) is 5.92 Å². The predicted molar refractivity (Wildman–Crippen MR) is 74.0 cm³/mol. The molecule has 0 aromatic carbocycles. The highest BCUT2D eigenvalue weighted by Crippen LogP contribution is 2.41. The Balaban J connectivity index is 1.86. The SMILES string of the molecule is OC(C1CCCc2cccnc21)C1(O)CCCCC1. The van der Waals surface area contributed by atoms with Crippen molar-refractivity contribution in [2.24, 2.45) is 0 Å². The van der Waals surface area contributed by atoms with Crippen molar-refractivity contribution in [1.29, 1.82) is 0 Å². The summed E-state index contributed by atoms with van der Waals surface area (Å²) >= 11 is 0. The Morgan fingerprint density at radius 3 is 2.79 bits per heavy atom. The van der Waals surface area contributed by atoms with Crippen LogP contribution >= 0.6 is 0 Å². The maximum atomic E-state index is 10.7. The Labute approximate surface area is 114 Å². The molecule has 19 heavy (non-hydrogen) atoms. The molecule has 3 rings (SSSR count). The fraction of sp³-hybridized carbons (Fsp3) is 0.688. The van der Waals surface area contributed by atoms with Crippen molar-refractivity contribution < 1.29 is 10.2 Å². The number of pyridine rings is 1. The van der Waals surface area contributed by atoms with Gasteiger partial charge in [0, 0.05) is 17.8 Å². The first-order chi connectivity index (χ1) is 9.21. The number of nitrogens with zero attached hydrogens (tertiary/aromatic N) is 1. The minimum Gasteiger partial charge on any atom is -0.389 e. The fourth-order valence-corrected chi connectivity index (χ4v) is 3.79.